The van der Waals surface area contributed by atoms with Crippen molar-refractivity contribution >= 4 is 0 Å². The van der Waals surface area contributed by atoms with E-state index in [1.807, 2.05) is 18.2 Å². The monoisotopic (exact) mass is 209 g/mol. The quantitative estimate of drug-likeness (QED) is 0.802. The van der Waals surface area contributed by atoms with Gasteiger partial charge in [0.05, 0.1) is 12.6 Å². The minimum Gasteiger partial charge on any atom is -0.492 e. The summed E-state index contributed by atoms with van der Waals surface area (Å²) in [5.41, 5.74) is 8.25. The molecule has 0 spiro atoms. The molecular weight excluding hydrogens is 190 g/mol. The third-order valence-electron chi connectivity index (χ3n) is 2.32. The van der Waals surface area contributed by atoms with Gasteiger partial charge in [-0.2, -0.15) is 0 Å². The van der Waals surface area contributed by atoms with E-state index in [1.54, 1.807) is 7.11 Å². The highest BCUT2D eigenvalue weighted by Crippen LogP contribution is 2.16. The molecule has 0 amide bonds. The van der Waals surface area contributed by atoms with Gasteiger partial charge in [-0.25, -0.2) is 0 Å². The zero-order chi connectivity index (χ0) is 11.3. The first-order chi connectivity index (χ1) is 7.13. The van der Waals surface area contributed by atoms with E-state index in [0.717, 1.165) is 5.75 Å². The van der Waals surface area contributed by atoms with E-state index in [2.05, 4.69) is 13.8 Å². The van der Waals surface area contributed by atoms with Crippen molar-refractivity contribution in [2.45, 2.75) is 19.9 Å². The van der Waals surface area contributed by atoms with Crippen molar-refractivity contribution in [3.63, 3.8) is 0 Å². The third kappa shape index (κ3) is 3.90. The fraction of sp³-hybridized carbons (Fsp3) is 0.500. The van der Waals surface area contributed by atoms with Crippen molar-refractivity contribution < 1.29 is 9.47 Å². The molecule has 1 aromatic rings. The Hall–Kier alpha value is -1.06. The first-order valence-corrected chi connectivity index (χ1v) is 5.08. The Morgan fingerprint density at radius 1 is 1.20 bits per heavy atom. The van der Waals surface area contributed by atoms with Crippen LogP contribution in [0.3, 0.4) is 0 Å². The number of methoxy groups -OCH3 is 1. The van der Waals surface area contributed by atoms with Crippen molar-refractivity contribution in [3.05, 3.63) is 29.3 Å². The molecule has 0 heterocycles. The van der Waals surface area contributed by atoms with E-state index in [4.69, 9.17) is 15.2 Å². The molecule has 1 atom stereocenters. The normalized spacial score (nSPS) is 12.5. The van der Waals surface area contributed by atoms with E-state index in [0.29, 0.717) is 13.2 Å². The summed E-state index contributed by atoms with van der Waals surface area (Å²) in [7, 11) is 1.63. The molecule has 0 saturated carbocycles. The largest absolute Gasteiger partial charge is 0.492 e. The van der Waals surface area contributed by atoms with Gasteiger partial charge in [-0.05, 0) is 37.1 Å². The summed E-state index contributed by atoms with van der Waals surface area (Å²) in [6.45, 7) is 5.15. The van der Waals surface area contributed by atoms with E-state index in [1.165, 1.54) is 11.1 Å². The molecule has 1 unspecified atom stereocenters. The van der Waals surface area contributed by atoms with Crippen LogP contribution in [0, 0.1) is 13.8 Å². The Morgan fingerprint density at radius 3 is 2.53 bits per heavy atom. The van der Waals surface area contributed by atoms with Crippen molar-refractivity contribution in [1.29, 1.82) is 0 Å². The Labute approximate surface area is 91.2 Å². The summed E-state index contributed by atoms with van der Waals surface area (Å²) in [5.74, 6) is 0.865. The maximum Gasteiger partial charge on any atom is 0.119 e. The number of nitrogens with two attached hydrogens (primary N) is 1. The van der Waals surface area contributed by atoms with E-state index >= 15 is 0 Å². The second-order valence-corrected chi connectivity index (χ2v) is 3.77. The van der Waals surface area contributed by atoms with E-state index < -0.39 is 0 Å². The molecule has 3 heteroatoms. The van der Waals surface area contributed by atoms with Crippen LogP contribution < -0.4 is 10.5 Å². The Bertz CT molecular complexity index is 312. The van der Waals surface area contributed by atoms with Crippen LogP contribution in [0.2, 0.25) is 0 Å². The lowest BCUT2D eigenvalue weighted by molar-refractivity contribution is 0.152. The van der Waals surface area contributed by atoms with Gasteiger partial charge in [0.2, 0.25) is 0 Å². The van der Waals surface area contributed by atoms with Gasteiger partial charge < -0.3 is 15.2 Å². The summed E-state index contributed by atoms with van der Waals surface area (Å²) >= 11 is 0. The van der Waals surface area contributed by atoms with Crippen molar-refractivity contribution in [3.8, 4) is 5.75 Å². The zero-order valence-electron chi connectivity index (χ0n) is 9.62. The topological polar surface area (TPSA) is 44.5 Å². The number of benzene rings is 1. The summed E-state index contributed by atoms with van der Waals surface area (Å²) in [5, 5.41) is 0. The van der Waals surface area contributed by atoms with Gasteiger partial charge in [0, 0.05) is 7.11 Å². The highest BCUT2D eigenvalue weighted by molar-refractivity contribution is 5.33. The number of hydrogen-bond acceptors (Lipinski definition) is 3. The molecule has 0 bridgehead atoms. The SMILES string of the molecule is COCC(N)COc1ccc(C)c(C)c1. The van der Waals surface area contributed by atoms with Crippen LogP contribution in [0.5, 0.6) is 5.75 Å². The van der Waals surface area contributed by atoms with Crippen molar-refractivity contribution in [1.82, 2.24) is 0 Å². The summed E-state index contributed by atoms with van der Waals surface area (Å²) in [4.78, 5) is 0. The smallest absolute Gasteiger partial charge is 0.119 e. The maximum absolute atomic E-state index is 5.75. The lowest BCUT2D eigenvalue weighted by Crippen LogP contribution is -2.32. The Kier molecular flexibility index (Phi) is 4.59. The molecule has 84 valence electrons. The van der Waals surface area contributed by atoms with Gasteiger partial charge in [0.25, 0.3) is 0 Å². The molecule has 2 N–H and O–H groups in total. The van der Waals surface area contributed by atoms with Crippen LogP contribution in [0.15, 0.2) is 18.2 Å². The fourth-order valence-corrected chi connectivity index (χ4v) is 1.27. The van der Waals surface area contributed by atoms with Crippen LogP contribution in [-0.4, -0.2) is 26.4 Å². The van der Waals surface area contributed by atoms with Crippen LogP contribution >= 0.6 is 0 Å². The first-order valence-electron chi connectivity index (χ1n) is 5.08. The molecular formula is C12H19NO2. The zero-order valence-corrected chi connectivity index (χ0v) is 9.62. The standard InChI is InChI=1S/C12H19NO2/c1-9-4-5-12(6-10(9)2)15-8-11(13)7-14-3/h4-6,11H,7-8,13H2,1-3H3. The number of rotatable bonds is 5. The molecule has 0 aliphatic heterocycles. The Balaban J connectivity index is 2.47. The summed E-state index contributed by atoms with van der Waals surface area (Å²) in [6.07, 6.45) is 0. The molecule has 1 rings (SSSR count). The number of ether oxygens (including phenoxy) is 2. The van der Waals surface area contributed by atoms with Crippen molar-refractivity contribution in [2.24, 2.45) is 5.73 Å². The van der Waals surface area contributed by atoms with Crippen LogP contribution in [-0.2, 0) is 4.74 Å². The molecule has 0 aliphatic rings. The highest BCUT2D eigenvalue weighted by Gasteiger charge is 2.03. The average molecular weight is 209 g/mol. The number of aryl methyl sites for hydroxylation is 2. The summed E-state index contributed by atoms with van der Waals surface area (Å²) in [6, 6.07) is 5.96. The predicted molar refractivity (Wildman–Crippen MR) is 61.3 cm³/mol. The summed E-state index contributed by atoms with van der Waals surface area (Å²) < 4.78 is 10.5. The van der Waals surface area contributed by atoms with Crippen molar-refractivity contribution in [2.75, 3.05) is 20.3 Å². The molecule has 0 saturated heterocycles. The molecule has 15 heavy (non-hydrogen) atoms. The molecule has 0 aliphatic carbocycles. The minimum absolute atomic E-state index is 0.0726. The van der Waals surface area contributed by atoms with E-state index in [-0.39, 0.29) is 6.04 Å². The van der Waals surface area contributed by atoms with Gasteiger partial charge in [-0.15, -0.1) is 0 Å². The maximum atomic E-state index is 5.75. The molecule has 0 aromatic heterocycles. The van der Waals surface area contributed by atoms with Gasteiger partial charge in [0.15, 0.2) is 0 Å². The average Bonchev–Trinajstić information content (AvgIpc) is 2.20. The second kappa shape index (κ2) is 5.73. The molecule has 0 fully saturated rings. The molecule has 3 nitrogen and oxygen atoms in total. The lowest BCUT2D eigenvalue weighted by atomic mass is 10.1. The fourth-order valence-electron chi connectivity index (χ4n) is 1.27. The first kappa shape index (κ1) is 12.0. The molecule has 0 radical (unpaired) electrons. The highest BCUT2D eigenvalue weighted by atomic mass is 16.5. The van der Waals surface area contributed by atoms with Crippen LogP contribution in [0.1, 0.15) is 11.1 Å². The minimum atomic E-state index is -0.0726. The van der Waals surface area contributed by atoms with Gasteiger partial charge in [0.1, 0.15) is 12.4 Å². The van der Waals surface area contributed by atoms with Crippen LogP contribution in [0.4, 0.5) is 0 Å². The van der Waals surface area contributed by atoms with Gasteiger partial charge in [-0.3, -0.25) is 0 Å². The predicted octanol–water partition coefficient (Wildman–Crippen LogP) is 1.66. The van der Waals surface area contributed by atoms with Gasteiger partial charge >= 0.3 is 0 Å². The second-order valence-electron chi connectivity index (χ2n) is 3.77. The lowest BCUT2D eigenvalue weighted by Gasteiger charge is -2.13. The third-order valence-corrected chi connectivity index (χ3v) is 2.32. The van der Waals surface area contributed by atoms with E-state index in [9.17, 15) is 0 Å². The molecule has 1 aromatic carbocycles. The number of hydrogen-bond donors (Lipinski definition) is 1. The Morgan fingerprint density at radius 2 is 1.93 bits per heavy atom. The van der Waals surface area contributed by atoms with Gasteiger partial charge in [-0.1, -0.05) is 6.07 Å². The van der Waals surface area contributed by atoms with Crippen LogP contribution in [0.25, 0.3) is 0 Å².